The highest BCUT2D eigenvalue weighted by atomic mass is 16.5. The maximum atomic E-state index is 10.7. The Kier molecular flexibility index (Phi) is 26.0. The van der Waals surface area contributed by atoms with Gasteiger partial charge in [0.1, 0.15) is 18.9 Å². The smallest absolute Gasteiger partial charge is 0.137 e. The molecular formula is C31H57N3O6. The molecule has 0 bridgehead atoms. The summed E-state index contributed by atoms with van der Waals surface area (Å²) >= 11 is 0. The molecule has 3 N–H and O–H groups in total. The summed E-state index contributed by atoms with van der Waals surface area (Å²) in [6.45, 7) is 7.35. The van der Waals surface area contributed by atoms with Crippen molar-refractivity contribution in [3.8, 4) is 0 Å². The first-order valence-corrected chi connectivity index (χ1v) is 14.2. The molecule has 1 saturated heterocycles. The molecule has 0 saturated carbocycles. The van der Waals surface area contributed by atoms with Gasteiger partial charge in [-0.15, -0.1) is 0 Å². The highest BCUT2D eigenvalue weighted by Gasteiger charge is 2.32. The minimum Gasteiger partial charge on any atom is -0.400 e. The monoisotopic (exact) mass is 567 g/mol. The molecule has 1 aliphatic heterocycles. The number of aliphatic hydroxyl groups is 1. The molecule has 9 nitrogen and oxygen atoms in total. The maximum absolute atomic E-state index is 10.7. The maximum Gasteiger partial charge on any atom is 0.137 e. The molecule has 1 fully saturated rings. The van der Waals surface area contributed by atoms with Crippen LogP contribution >= 0.6 is 0 Å². The largest absolute Gasteiger partial charge is 0.400 e. The van der Waals surface area contributed by atoms with E-state index in [0.29, 0.717) is 18.4 Å². The summed E-state index contributed by atoms with van der Waals surface area (Å²) in [7, 11) is 10.1. The highest BCUT2D eigenvalue weighted by molar-refractivity contribution is 5.58. The molecule has 232 valence electrons. The predicted octanol–water partition coefficient (Wildman–Crippen LogP) is 2.78. The molecule has 1 heterocycles. The number of likely N-dealkylation sites (tertiary alicyclic amines) is 1. The number of carbonyl (C=O) groups excluding carboxylic acids is 3. The second-order valence-electron chi connectivity index (χ2n) is 9.98. The number of rotatable bonds is 15. The molecule has 0 aliphatic carbocycles. The number of nitrogens with one attached hydrogen (secondary N) is 2. The summed E-state index contributed by atoms with van der Waals surface area (Å²) in [5, 5.41) is 13.1. The zero-order chi connectivity index (χ0) is 30.9. The van der Waals surface area contributed by atoms with Gasteiger partial charge >= 0.3 is 0 Å². The molecule has 9 heteroatoms. The van der Waals surface area contributed by atoms with Gasteiger partial charge in [0, 0.05) is 45.8 Å². The van der Waals surface area contributed by atoms with Gasteiger partial charge in [-0.2, -0.15) is 0 Å². The number of nitrogens with zero attached hydrogens (tertiary/aromatic N) is 1. The van der Waals surface area contributed by atoms with Crippen LogP contribution in [0, 0.1) is 11.8 Å². The number of likely N-dealkylation sites (N-methyl/N-ethyl adjacent to an activating group) is 3. The molecule has 0 spiro atoms. The molecule has 7 unspecified atom stereocenters. The first-order valence-electron chi connectivity index (χ1n) is 14.2. The van der Waals surface area contributed by atoms with Crippen molar-refractivity contribution in [3.05, 3.63) is 35.9 Å². The van der Waals surface area contributed by atoms with Crippen molar-refractivity contribution in [1.29, 1.82) is 0 Å². The third-order valence-electron chi connectivity index (χ3n) is 7.42. The zero-order valence-corrected chi connectivity index (χ0v) is 26.3. The summed E-state index contributed by atoms with van der Waals surface area (Å²) in [6.07, 6.45) is 7.58. The molecule has 0 aromatic heterocycles. The van der Waals surface area contributed by atoms with Gasteiger partial charge in [0.25, 0.3) is 0 Å². The second kappa shape index (κ2) is 25.9. The molecule has 1 aromatic rings. The van der Waals surface area contributed by atoms with E-state index in [0.717, 1.165) is 51.8 Å². The van der Waals surface area contributed by atoms with Crippen LogP contribution in [0.5, 0.6) is 0 Å². The van der Waals surface area contributed by atoms with Crippen molar-refractivity contribution >= 4 is 18.9 Å². The standard InChI is InChI=1S/C10H19NO2.C10H21NO2.C10H13NO.CH4O/c1-8(7-12)10(13-3)9-5-4-6-11(9)2;1-5-8(2)10(11-3)9(13-4)6-7-12;1-11-10(8-12)7-9-5-3-2-4-6-9;1-2/h7-10H,4-6H2,1-3H3;7-11H,5-6H2,1-4H3;2-6,8,10-11H,7H2,1H3;2H,1H3. The van der Waals surface area contributed by atoms with Gasteiger partial charge in [-0.05, 0) is 58.4 Å². The Hall–Kier alpha value is -2.01. The molecule has 1 aliphatic rings. The Morgan fingerprint density at radius 2 is 1.65 bits per heavy atom. The van der Waals surface area contributed by atoms with E-state index in [1.54, 1.807) is 21.3 Å². The van der Waals surface area contributed by atoms with Crippen LogP contribution in [0.4, 0.5) is 0 Å². The van der Waals surface area contributed by atoms with Crippen molar-refractivity contribution in [2.75, 3.05) is 49.0 Å². The van der Waals surface area contributed by atoms with E-state index in [1.807, 2.05) is 44.3 Å². The third kappa shape index (κ3) is 15.7. The first-order chi connectivity index (χ1) is 19.3. The molecule has 40 heavy (non-hydrogen) atoms. The first kappa shape index (κ1) is 40.1. The van der Waals surface area contributed by atoms with Crippen LogP contribution in [-0.2, 0) is 30.3 Å². The summed E-state index contributed by atoms with van der Waals surface area (Å²) < 4.78 is 10.7. The van der Waals surface area contributed by atoms with Crippen LogP contribution in [0.2, 0.25) is 0 Å². The van der Waals surface area contributed by atoms with E-state index in [1.165, 1.54) is 12.0 Å². The van der Waals surface area contributed by atoms with E-state index in [-0.39, 0.29) is 30.2 Å². The zero-order valence-electron chi connectivity index (χ0n) is 26.3. The van der Waals surface area contributed by atoms with Crippen LogP contribution < -0.4 is 10.6 Å². The molecule has 1 aromatic carbocycles. The number of carbonyl (C=O) groups is 3. The third-order valence-corrected chi connectivity index (χ3v) is 7.42. The van der Waals surface area contributed by atoms with E-state index in [4.69, 9.17) is 14.6 Å². The lowest BCUT2D eigenvalue weighted by molar-refractivity contribution is -0.116. The summed E-state index contributed by atoms with van der Waals surface area (Å²) in [5.74, 6) is 0.519. The van der Waals surface area contributed by atoms with Crippen molar-refractivity contribution in [2.24, 2.45) is 11.8 Å². The van der Waals surface area contributed by atoms with Gasteiger partial charge < -0.3 is 44.5 Å². The minimum absolute atomic E-state index is 0.00236. The van der Waals surface area contributed by atoms with Crippen molar-refractivity contribution < 1.29 is 29.0 Å². The minimum atomic E-state index is -0.0626. The average molecular weight is 568 g/mol. The van der Waals surface area contributed by atoms with Gasteiger partial charge in [0.15, 0.2) is 0 Å². The SMILES string of the molecule is CCC(C)C(NC)C(CC=O)OC.CNC(C=O)Cc1ccccc1.CO.COC(C(C)C=O)C1CCCN1C. The number of hydrogen-bond donors (Lipinski definition) is 3. The Balaban J connectivity index is 0. The molecule has 7 atom stereocenters. The van der Waals surface area contributed by atoms with Gasteiger partial charge in [-0.1, -0.05) is 57.5 Å². The van der Waals surface area contributed by atoms with Crippen LogP contribution in [-0.4, -0.2) is 108 Å². The summed E-state index contributed by atoms with van der Waals surface area (Å²) in [6, 6.07) is 10.6. The molecular weight excluding hydrogens is 510 g/mol. The van der Waals surface area contributed by atoms with E-state index >= 15 is 0 Å². The number of hydrogen-bond acceptors (Lipinski definition) is 9. The number of aldehydes is 3. The Morgan fingerprint density at radius 3 is 2.02 bits per heavy atom. The quantitative estimate of drug-likeness (QED) is 0.275. The number of ether oxygens (including phenoxy) is 2. The van der Waals surface area contributed by atoms with E-state index < -0.39 is 0 Å². The lowest BCUT2D eigenvalue weighted by atomic mass is 9.93. The summed E-state index contributed by atoms with van der Waals surface area (Å²) in [5.41, 5.74) is 1.18. The normalized spacial score (nSPS) is 19.0. The number of methoxy groups -OCH3 is 2. The summed E-state index contributed by atoms with van der Waals surface area (Å²) in [4.78, 5) is 33.8. The average Bonchev–Trinajstić information content (AvgIpc) is 3.43. The van der Waals surface area contributed by atoms with Gasteiger partial charge in [0.2, 0.25) is 0 Å². The van der Waals surface area contributed by atoms with Gasteiger partial charge in [-0.3, -0.25) is 0 Å². The van der Waals surface area contributed by atoms with Gasteiger partial charge in [-0.25, -0.2) is 0 Å². The highest BCUT2D eigenvalue weighted by Crippen LogP contribution is 2.23. The van der Waals surface area contributed by atoms with Crippen molar-refractivity contribution in [2.45, 2.75) is 83.2 Å². The molecule has 0 amide bonds. The van der Waals surface area contributed by atoms with Gasteiger partial charge in [0.05, 0.1) is 18.2 Å². The Morgan fingerprint density at radius 1 is 1.02 bits per heavy atom. The Labute approximate surface area is 243 Å². The van der Waals surface area contributed by atoms with E-state index in [9.17, 15) is 14.4 Å². The fourth-order valence-corrected chi connectivity index (χ4v) is 4.81. The fraction of sp³-hybridized carbons (Fsp3) is 0.710. The Bertz CT molecular complexity index is 739. The number of aliphatic hydroxyl groups excluding tert-OH is 1. The van der Waals surface area contributed by atoms with Crippen LogP contribution in [0.1, 0.15) is 52.0 Å². The van der Waals surface area contributed by atoms with Crippen LogP contribution in [0.3, 0.4) is 0 Å². The molecule has 2 rings (SSSR count). The lowest BCUT2D eigenvalue weighted by Crippen LogP contribution is -2.43. The topological polar surface area (TPSA) is 117 Å². The molecule has 0 radical (unpaired) electrons. The van der Waals surface area contributed by atoms with Crippen molar-refractivity contribution in [1.82, 2.24) is 15.5 Å². The lowest BCUT2D eigenvalue weighted by Gasteiger charge is -2.29. The predicted molar refractivity (Wildman–Crippen MR) is 163 cm³/mol. The second-order valence-corrected chi connectivity index (χ2v) is 9.98. The van der Waals surface area contributed by atoms with Crippen molar-refractivity contribution in [3.63, 3.8) is 0 Å². The van der Waals surface area contributed by atoms with Crippen LogP contribution in [0.25, 0.3) is 0 Å². The fourth-order valence-electron chi connectivity index (χ4n) is 4.81. The van der Waals surface area contributed by atoms with Crippen LogP contribution in [0.15, 0.2) is 30.3 Å². The van der Waals surface area contributed by atoms with E-state index in [2.05, 4.69) is 36.4 Å². The number of benzene rings is 1.